The van der Waals surface area contributed by atoms with Gasteiger partial charge in [0.05, 0.1) is 23.4 Å². The fourth-order valence-corrected chi connectivity index (χ4v) is 3.18. The summed E-state index contributed by atoms with van der Waals surface area (Å²) >= 11 is 0. The Morgan fingerprint density at radius 3 is 2.47 bits per heavy atom. The van der Waals surface area contributed by atoms with Crippen molar-refractivity contribution in [2.24, 2.45) is 5.41 Å². The molecule has 96 valence electrons. The molecular weight excluding hydrogens is 212 g/mol. The Balaban J connectivity index is 1.77. The van der Waals surface area contributed by atoms with Gasteiger partial charge in [0.1, 0.15) is 0 Å². The minimum absolute atomic E-state index is 0.109. The molecule has 0 spiro atoms. The maximum atomic E-state index is 5.92. The Hall–Kier alpha value is -0.340. The topological polar surface area (TPSA) is 25.1 Å². The van der Waals surface area contributed by atoms with Crippen molar-refractivity contribution in [1.82, 2.24) is 0 Å². The molecule has 3 rings (SSSR count). The SMILES string of the molecule is CC1(C)/C=C/C[C@]2(C)O[C@H]2CC[C@@]2(C)O[C@@H]2C1. The van der Waals surface area contributed by atoms with Gasteiger partial charge in [-0.25, -0.2) is 0 Å². The largest absolute Gasteiger partial charge is 0.366 e. The molecule has 2 saturated heterocycles. The van der Waals surface area contributed by atoms with Crippen LogP contribution in [0.1, 0.15) is 53.4 Å². The van der Waals surface area contributed by atoms with Gasteiger partial charge >= 0.3 is 0 Å². The number of ether oxygens (including phenoxy) is 2. The van der Waals surface area contributed by atoms with E-state index in [1.54, 1.807) is 0 Å². The number of hydrogen-bond acceptors (Lipinski definition) is 2. The van der Waals surface area contributed by atoms with Crippen molar-refractivity contribution in [3.8, 4) is 0 Å². The molecule has 2 heteroatoms. The molecule has 2 nitrogen and oxygen atoms in total. The van der Waals surface area contributed by atoms with Gasteiger partial charge in [0, 0.05) is 0 Å². The molecule has 0 amide bonds. The van der Waals surface area contributed by atoms with E-state index in [-0.39, 0.29) is 16.6 Å². The fraction of sp³-hybridized carbons (Fsp3) is 0.867. The first kappa shape index (κ1) is 11.7. The highest BCUT2D eigenvalue weighted by Crippen LogP contribution is 2.51. The molecule has 3 aliphatic rings. The minimum Gasteiger partial charge on any atom is -0.366 e. The van der Waals surface area contributed by atoms with E-state index in [0.29, 0.717) is 12.2 Å². The van der Waals surface area contributed by atoms with Crippen LogP contribution in [-0.2, 0) is 9.47 Å². The van der Waals surface area contributed by atoms with Crippen LogP contribution in [0, 0.1) is 5.41 Å². The van der Waals surface area contributed by atoms with Gasteiger partial charge in [0.2, 0.25) is 0 Å². The predicted octanol–water partition coefficient (Wildman–Crippen LogP) is 3.46. The Bertz CT molecular complexity index is 360. The van der Waals surface area contributed by atoms with E-state index in [1.807, 2.05) is 0 Å². The lowest BCUT2D eigenvalue weighted by Crippen LogP contribution is -2.17. The summed E-state index contributed by atoms with van der Waals surface area (Å²) in [7, 11) is 0. The smallest absolute Gasteiger partial charge is 0.0954 e. The van der Waals surface area contributed by atoms with Crippen LogP contribution in [0.3, 0.4) is 0 Å². The lowest BCUT2D eigenvalue weighted by atomic mass is 9.84. The van der Waals surface area contributed by atoms with Crippen molar-refractivity contribution in [2.45, 2.75) is 76.8 Å². The molecule has 4 atom stereocenters. The van der Waals surface area contributed by atoms with Crippen molar-refractivity contribution in [3.05, 3.63) is 12.2 Å². The van der Waals surface area contributed by atoms with Crippen LogP contribution in [0.2, 0.25) is 0 Å². The number of epoxide rings is 2. The third kappa shape index (κ3) is 2.17. The summed E-state index contributed by atoms with van der Waals surface area (Å²) in [6, 6.07) is 0. The maximum Gasteiger partial charge on any atom is 0.0954 e. The average Bonchev–Trinajstić information content (AvgIpc) is 3.01. The van der Waals surface area contributed by atoms with Gasteiger partial charge in [0.15, 0.2) is 0 Å². The van der Waals surface area contributed by atoms with Gasteiger partial charge in [-0.05, 0) is 44.9 Å². The van der Waals surface area contributed by atoms with Crippen LogP contribution in [0.5, 0.6) is 0 Å². The van der Waals surface area contributed by atoms with E-state index in [0.717, 1.165) is 25.7 Å². The number of hydrogen-bond donors (Lipinski definition) is 0. The monoisotopic (exact) mass is 236 g/mol. The standard InChI is InChI=1S/C15H24O2/c1-13(2)7-5-8-14(3)11(16-14)6-9-15(4)12(10-13)17-15/h5,7,11-12H,6,8-10H2,1-4H3/b7-5+/t11-,12+,14-,15+/m0/s1. The molecule has 0 aromatic rings. The van der Waals surface area contributed by atoms with Crippen LogP contribution in [0.4, 0.5) is 0 Å². The molecule has 17 heavy (non-hydrogen) atoms. The quantitative estimate of drug-likeness (QED) is 0.475. The third-order valence-electron chi connectivity index (χ3n) is 4.78. The third-order valence-corrected chi connectivity index (χ3v) is 4.78. The summed E-state index contributed by atoms with van der Waals surface area (Å²) in [6.07, 6.45) is 10.1. The van der Waals surface area contributed by atoms with Gasteiger partial charge in [-0.2, -0.15) is 0 Å². The Labute approximate surface area is 104 Å². The second-order valence-electron chi connectivity index (χ2n) is 7.18. The zero-order valence-electron chi connectivity index (χ0n) is 11.5. The first-order valence-electron chi connectivity index (χ1n) is 6.86. The summed E-state index contributed by atoms with van der Waals surface area (Å²) in [4.78, 5) is 0. The molecule has 0 unspecified atom stereocenters. The van der Waals surface area contributed by atoms with E-state index < -0.39 is 0 Å². The molecule has 2 fully saturated rings. The number of allylic oxidation sites excluding steroid dienone is 1. The van der Waals surface area contributed by atoms with E-state index in [9.17, 15) is 0 Å². The Morgan fingerprint density at radius 1 is 1.00 bits per heavy atom. The van der Waals surface area contributed by atoms with E-state index in [1.165, 1.54) is 0 Å². The molecule has 2 aliphatic heterocycles. The molecular formula is C15H24O2. The van der Waals surface area contributed by atoms with Crippen LogP contribution < -0.4 is 0 Å². The van der Waals surface area contributed by atoms with Gasteiger partial charge in [-0.15, -0.1) is 0 Å². The van der Waals surface area contributed by atoms with Crippen LogP contribution >= 0.6 is 0 Å². The second-order valence-corrected chi connectivity index (χ2v) is 7.18. The zero-order valence-corrected chi connectivity index (χ0v) is 11.5. The number of rotatable bonds is 0. The first-order valence-corrected chi connectivity index (χ1v) is 6.86. The van der Waals surface area contributed by atoms with Crippen molar-refractivity contribution >= 4 is 0 Å². The Kier molecular flexibility index (Phi) is 2.32. The highest BCUT2D eigenvalue weighted by Gasteiger charge is 2.57. The second kappa shape index (κ2) is 3.36. The minimum atomic E-state index is 0.109. The highest BCUT2D eigenvalue weighted by molar-refractivity contribution is 5.12. The summed E-state index contributed by atoms with van der Waals surface area (Å²) in [5.41, 5.74) is 0.480. The molecule has 0 radical (unpaired) electrons. The Morgan fingerprint density at radius 2 is 1.71 bits per heavy atom. The predicted molar refractivity (Wildman–Crippen MR) is 67.9 cm³/mol. The van der Waals surface area contributed by atoms with E-state index >= 15 is 0 Å². The average molecular weight is 236 g/mol. The summed E-state index contributed by atoms with van der Waals surface area (Å²) in [5.74, 6) is 0. The van der Waals surface area contributed by atoms with Crippen molar-refractivity contribution < 1.29 is 9.47 Å². The highest BCUT2D eigenvalue weighted by atomic mass is 16.6. The lowest BCUT2D eigenvalue weighted by Gasteiger charge is -2.19. The van der Waals surface area contributed by atoms with Crippen LogP contribution in [0.25, 0.3) is 0 Å². The zero-order chi connectivity index (χ0) is 12.3. The molecule has 0 aromatic heterocycles. The van der Waals surface area contributed by atoms with Gasteiger partial charge in [-0.3, -0.25) is 0 Å². The van der Waals surface area contributed by atoms with E-state index in [4.69, 9.17) is 9.47 Å². The van der Waals surface area contributed by atoms with Crippen LogP contribution in [-0.4, -0.2) is 23.4 Å². The van der Waals surface area contributed by atoms with Gasteiger partial charge < -0.3 is 9.47 Å². The molecule has 0 aromatic carbocycles. The van der Waals surface area contributed by atoms with Gasteiger partial charge in [0.25, 0.3) is 0 Å². The summed E-state index contributed by atoms with van der Waals surface area (Å²) in [5, 5.41) is 0. The van der Waals surface area contributed by atoms with Crippen molar-refractivity contribution in [2.75, 3.05) is 0 Å². The lowest BCUT2D eigenvalue weighted by molar-refractivity contribution is 0.267. The molecule has 1 aliphatic carbocycles. The summed E-state index contributed by atoms with van der Waals surface area (Å²) in [6.45, 7) is 9.10. The van der Waals surface area contributed by atoms with Crippen molar-refractivity contribution in [3.63, 3.8) is 0 Å². The fourth-order valence-electron chi connectivity index (χ4n) is 3.18. The molecule has 0 N–H and O–H groups in total. The maximum absolute atomic E-state index is 5.92. The van der Waals surface area contributed by atoms with E-state index in [2.05, 4.69) is 39.8 Å². The van der Waals surface area contributed by atoms with Crippen molar-refractivity contribution in [1.29, 1.82) is 0 Å². The van der Waals surface area contributed by atoms with Gasteiger partial charge in [-0.1, -0.05) is 26.0 Å². The number of fused-ring (bicyclic) bond motifs is 2. The van der Waals surface area contributed by atoms with Crippen LogP contribution in [0.15, 0.2) is 12.2 Å². The molecule has 0 saturated carbocycles. The molecule has 0 bridgehead atoms. The normalized spacial score (nSPS) is 53.9. The summed E-state index contributed by atoms with van der Waals surface area (Å²) < 4.78 is 11.8. The molecule has 2 heterocycles. The first-order chi connectivity index (χ1) is 7.83.